The summed E-state index contributed by atoms with van der Waals surface area (Å²) < 4.78 is 27.7. The molecule has 0 unspecified atom stereocenters. The highest BCUT2D eigenvalue weighted by atomic mass is 32.2. The summed E-state index contributed by atoms with van der Waals surface area (Å²) in [5.74, 6) is -1.77. The summed E-state index contributed by atoms with van der Waals surface area (Å²) in [6, 6.07) is 21.3. The molecule has 0 spiro atoms. The second-order valence-corrected chi connectivity index (χ2v) is 9.07. The van der Waals surface area contributed by atoms with Gasteiger partial charge in [0.25, 0.3) is 0 Å². The van der Waals surface area contributed by atoms with Crippen molar-refractivity contribution in [1.29, 1.82) is 0 Å². The largest absolute Gasteiger partial charge is 0.508 e. The van der Waals surface area contributed by atoms with Crippen LogP contribution in [0.1, 0.15) is 15.9 Å². The van der Waals surface area contributed by atoms with E-state index < -0.39 is 11.6 Å². The van der Waals surface area contributed by atoms with Gasteiger partial charge >= 0.3 is 0 Å². The van der Waals surface area contributed by atoms with Gasteiger partial charge in [0.15, 0.2) is 5.78 Å². The van der Waals surface area contributed by atoms with Gasteiger partial charge in [-0.05, 0) is 84.9 Å². The van der Waals surface area contributed by atoms with E-state index in [1.165, 1.54) is 54.2 Å². The van der Waals surface area contributed by atoms with Crippen molar-refractivity contribution in [3.05, 3.63) is 108 Å². The Morgan fingerprint density at radius 2 is 1.22 bits per heavy atom. The molecule has 32 heavy (non-hydrogen) atoms. The molecule has 160 valence electrons. The molecule has 3 nitrogen and oxygen atoms in total. The maximum atomic E-state index is 14.7. The molecule has 0 aliphatic heterocycles. The first kappa shape index (κ1) is 21.9. The van der Waals surface area contributed by atoms with Crippen LogP contribution >= 0.6 is 23.5 Å². The van der Waals surface area contributed by atoms with Crippen LogP contribution in [0, 0.1) is 11.6 Å². The second-order valence-electron chi connectivity index (χ2n) is 6.81. The second kappa shape index (κ2) is 9.46. The van der Waals surface area contributed by atoms with Gasteiger partial charge < -0.3 is 10.2 Å². The number of aromatic hydroxyl groups is 2. The number of hydrogen-bond acceptors (Lipinski definition) is 5. The Morgan fingerprint density at radius 3 is 1.81 bits per heavy atom. The third kappa shape index (κ3) is 5.12. The number of benzene rings is 4. The number of rotatable bonds is 6. The third-order valence-electron chi connectivity index (χ3n) is 4.53. The fourth-order valence-corrected chi connectivity index (χ4v) is 4.58. The van der Waals surface area contributed by atoms with Gasteiger partial charge in [-0.1, -0.05) is 23.5 Å². The zero-order chi connectivity index (χ0) is 22.7. The normalized spacial score (nSPS) is 10.8. The molecule has 4 aromatic rings. The van der Waals surface area contributed by atoms with Crippen molar-refractivity contribution in [2.45, 2.75) is 19.6 Å². The van der Waals surface area contributed by atoms with Crippen molar-refractivity contribution in [3.63, 3.8) is 0 Å². The van der Waals surface area contributed by atoms with Gasteiger partial charge in [-0.25, -0.2) is 8.78 Å². The van der Waals surface area contributed by atoms with Crippen LogP contribution in [0.4, 0.5) is 8.78 Å². The van der Waals surface area contributed by atoms with Crippen LogP contribution in [0.15, 0.2) is 105 Å². The number of phenolic OH excluding ortho intramolecular Hbond substituents is 2. The number of halogens is 2. The minimum Gasteiger partial charge on any atom is -0.508 e. The quantitative estimate of drug-likeness (QED) is 0.303. The molecule has 0 amide bonds. The number of phenols is 2. The summed E-state index contributed by atoms with van der Waals surface area (Å²) in [6.07, 6.45) is 0. The molecule has 0 radical (unpaired) electrons. The summed E-state index contributed by atoms with van der Waals surface area (Å²) in [7, 11) is 0. The lowest BCUT2D eigenvalue weighted by Gasteiger charge is -2.09. The Hall–Kier alpha value is -3.29. The Labute approximate surface area is 191 Å². The monoisotopic (exact) mass is 466 g/mol. The van der Waals surface area contributed by atoms with Gasteiger partial charge in [-0.3, -0.25) is 4.79 Å². The standard InChI is InChI=1S/C25H16F2O3S2/c26-16-3-7-18(8-4-16)31-19-9-11-20(12-10-19)32-24-14-23(29)21(13-22(24)27)25(30)15-1-5-17(28)6-2-15/h1-14,28-29H. The molecule has 0 heterocycles. The highest BCUT2D eigenvalue weighted by Crippen LogP contribution is 2.36. The van der Waals surface area contributed by atoms with Crippen molar-refractivity contribution >= 4 is 29.3 Å². The highest BCUT2D eigenvalue weighted by molar-refractivity contribution is 7.99. The summed E-state index contributed by atoms with van der Waals surface area (Å²) in [5.41, 5.74) is 0.0794. The fourth-order valence-electron chi connectivity index (χ4n) is 2.91. The molecule has 7 heteroatoms. The minimum atomic E-state index is -0.625. The lowest BCUT2D eigenvalue weighted by molar-refractivity contribution is 0.103. The van der Waals surface area contributed by atoms with Crippen LogP contribution in [-0.4, -0.2) is 16.0 Å². The Bertz CT molecular complexity index is 1260. The Balaban J connectivity index is 1.49. The van der Waals surface area contributed by atoms with Crippen LogP contribution in [0.3, 0.4) is 0 Å². The van der Waals surface area contributed by atoms with E-state index in [2.05, 4.69) is 0 Å². The van der Waals surface area contributed by atoms with Crippen LogP contribution in [-0.2, 0) is 0 Å². The van der Waals surface area contributed by atoms with E-state index in [9.17, 15) is 23.8 Å². The maximum absolute atomic E-state index is 14.7. The molecular formula is C25H16F2O3S2. The van der Waals surface area contributed by atoms with Crippen LogP contribution < -0.4 is 0 Å². The first-order chi connectivity index (χ1) is 15.4. The predicted molar refractivity (Wildman–Crippen MR) is 121 cm³/mol. The molecule has 4 aromatic carbocycles. The molecule has 0 bridgehead atoms. The smallest absolute Gasteiger partial charge is 0.196 e. The summed E-state index contributed by atoms with van der Waals surface area (Å²) in [4.78, 5) is 15.3. The number of hydrogen-bond donors (Lipinski definition) is 2. The van der Waals surface area contributed by atoms with Gasteiger partial charge in [0.05, 0.1) is 10.5 Å². The molecule has 4 rings (SSSR count). The van der Waals surface area contributed by atoms with Crippen molar-refractivity contribution in [2.24, 2.45) is 0 Å². The van der Waals surface area contributed by atoms with E-state index in [1.54, 1.807) is 12.1 Å². The fraction of sp³-hybridized carbons (Fsp3) is 0. The molecule has 0 atom stereocenters. The lowest BCUT2D eigenvalue weighted by Crippen LogP contribution is -2.02. The van der Waals surface area contributed by atoms with Gasteiger partial charge in [0.2, 0.25) is 0 Å². The van der Waals surface area contributed by atoms with Gasteiger partial charge in [0.1, 0.15) is 23.1 Å². The number of ketones is 1. The summed E-state index contributed by atoms with van der Waals surface area (Å²) >= 11 is 2.60. The van der Waals surface area contributed by atoms with Crippen molar-refractivity contribution in [3.8, 4) is 11.5 Å². The zero-order valence-corrected chi connectivity index (χ0v) is 18.1. The molecule has 0 aromatic heterocycles. The van der Waals surface area contributed by atoms with E-state index in [0.717, 1.165) is 32.5 Å². The Morgan fingerprint density at radius 1 is 0.688 bits per heavy atom. The van der Waals surface area contributed by atoms with Gasteiger partial charge in [0, 0.05) is 20.2 Å². The number of carbonyl (C=O) groups excluding carboxylic acids is 1. The summed E-state index contributed by atoms with van der Waals surface area (Å²) in [6.45, 7) is 0. The van der Waals surface area contributed by atoms with Crippen molar-refractivity contribution < 1.29 is 23.8 Å². The van der Waals surface area contributed by atoms with Crippen LogP contribution in [0.2, 0.25) is 0 Å². The van der Waals surface area contributed by atoms with Crippen molar-refractivity contribution in [2.75, 3.05) is 0 Å². The Kier molecular flexibility index (Phi) is 6.48. The molecule has 0 fully saturated rings. The average Bonchev–Trinajstić information content (AvgIpc) is 2.79. The van der Waals surface area contributed by atoms with E-state index in [4.69, 9.17) is 0 Å². The molecular weight excluding hydrogens is 450 g/mol. The number of carbonyl (C=O) groups is 1. The molecule has 0 aliphatic carbocycles. The molecule has 0 aliphatic rings. The van der Waals surface area contributed by atoms with Gasteiger partial charge in [-0.2, -0.15) is 0 Å². The average molecular weight is 467 g/mol. The lowest BCUT2D eigenvalue weighted by atomic mass is 10.0. The van der Waals surface area contributed by atoms with Crippen LogP contribution in [0.25, 0.3) is 0 Å². The topological polar surface area (TPSA) is 57.5 Å². The first-order valence-corrected chi connectivity index (χ1v) is 11.1. The predicted octanol–water partition coefficient (Wildman–Crippen LogP) is 6.91. The van der Waals surface area contributed by atoms with Crippen molar-refractivity contribution in [1.82, 2.24) is 0 Å². The van der Waals surface area contributed by atoms with E-state index in [0.29, 0.717) is 0 Å². The highest BCUT2D eigenvalue weighted by Gasteiger charge is 2.18. The minimum absolute atomic E-state index is 0.00536. The maximum Gasteiger partial charge on any atom is 0.196 e. The molecule has 0 saturated carbocycles. The third-order valence-corrected chi connectivity index (χ3v) is 6.58. The SMILES string of the molecule is O=C(c1ccc(O)cc1)c1cc(F)c(Sc2ccc(Sc3ccc(F)cc3)cc2)cc1O. The van der Waals surface area contributed by atoms with Crippen LogP contribution in [0.5, 0.6) is 11.5 Å². The molecule has 2 N–H and O–H groups in total. The summed E-state index contributed by atoms with van der Waals surface area (Å²) in [5, 5.41) is 19.7. The zero-order valence-electron chi connectivity index (χ0n) is 16.5. The van der Waals surface area contributed by atoms with E-state index >= 15 is 0 Å². The van der Waals surface area contributed by atoms with E-state index in [1.807, 2.05) is 24.3 Å². The van der Waals surface area contributed by atoms with Gasteiger partial charge in [-0.15, -0.1) is 0 Å². The van der Waals surface area contributed by atoms with E-state index in [-0.39, 0.29) is 33.3 Å². The molecule has 0 saturated heterocycles. The first-order valence-electron chi connectivity index (χ1n) is 9.46.